The SMILES string of the molecule is CC(=O)Nc1ccc(/C=C/C(=O)Nc2ccccc2N2CCCC2=O)cc1. The van der Waals surface area contributed by atoms with Crippen molar-refractivity contribution in [1.82, 2.24) is 0 Å². The van der Waals surface area contributed by atoms with Crippen LogP contribution in [-0.2, 0) is 14.4 Å². The predicted molar refractivity (Wildman–Crippen MR) is 106 cm³/mol. The monoisotopic (exact) mass is 363 g/mol. The Kier molecular flexibility index (Phi) is 5.66. The Labute approximate surface area is 157 Å². The van der Waals surface area contributed by atoms with Crippen LogP contribution in [0, 0.1) is 0 Å². The molecule has 3 amide bonds. The molecule has 0 aromatic heterocycles. The largest absolute Gasteiger partial charge is 0.326 e. The first-order valence-corrected chi connectivity index (χ1v) is 8.79. The van der Waals surface area contributed by atoms with Crippen LogP contribution in [-0.4, -0.2) is 24.3 Å². The normalized spacial score (nSPS) is 13.8. The highest BCUT2D eigenvalue weighted by Gasteiger charge is 2.23. The van der Waals surface area contributed by atoms with E-state index in [2.05, 4.69) is 10.6 Å². The van der Waals surface area contributed by atoms with Gasteiger partial charge >= 0.3 is 0 Å². The molecule has 2 aromatic rings. The number of amides is 3. The number of rotatable bonds is 5. The standard InChI is InChI=1S/C21H21N3O3/c1-15(25)22-17-11-8-16(9-12-17)10-13-20(26)23-18-5-2-3-6-19(18)24-14-4-7-21(24)27/h2-3,5-6,8-13H,4,7,14H2,1H3,(H,22,25)(H,23,26)/b13-10+. The van der Waals surface area contributed by atoms with Gasteiger partial charge in [-0.05, 0) is 42.3 Å². The molecule has 138 valence electrons. The van der Waals surface area contributed by atoms with E-state index >= 15 is 0 Å². The molecule has 6 nitrogen and oxygen atoms in total. The highest BCUT2D eigenvalue weighted by molar-refractivity contribution is 6.06. The molecule has 0 aliphatic carbocycles. The lowest BCUT2D eigenvalue weighted by atomic mass is 10.2. The topological polar surface area (TPSA) is 78.5 Å². The lowest BCUT2D eigenvalue weighted by Crippen LogP contribution is -2.25. The zero-order chi connectivity index (χ0) is 19.2. The van der Waals surface area contributed by atoms with E-state index in [-0.39, 0.29) is 17.7 Å². The molecular weight excluding hydrogens is 342 g/mol. The number of para-hydroxylation sites is 2. The van der Waals surface area contributed by atoms with Crippen molar-refractivity contribution in [2.75, 3.05) is 22.1 Å². The van der Waals surface area contributed by atoms with Crippen molar-refractivity contribution in [1.29, 1.82) is 0 Å². The van der Waals surface area contributed by atoms with E-state index in [1.54, 1.807) is 29.2 Å². The molecule has 0 spiro atoms. The fraction of sp³-hybridized carbons (Fsp3) is 0.190. The number of carbonyl (C=O) groups is 3. The average Bonchev–Trinajstić information content (AvgIpc) is 3.07. The third kappa shape index (κ3) is 4.82. The van der Waals surface area contributed by atoms with E-state index in [4.69, 9.17) is 0 Å². The van der Waals surface area contributed by atoms with E-state index in [1.165, 1.54) is 13.0 Å². The predicted octanol–water partition coefficient (Wildman–Crippen LogP) is 3.42. The minimum atomic E-state index is -0.278. The third-order valence-corrected chi connectivity index (χ3v) is 4.18. The number of hydrogen-bond donors (Lipinski definition) is 2. The van der Waals surface area contributed by atoms with Crippen LogP contribution in [0.5, 0.6) is 0 Å². The van der Waals surface area contributed by atoms with E-state index in [1.807, 2.05) is 30.3 Å². The summed E-state index contributed by atoms with van der Waals surface area (Å²) in [6.45, 7) is 2.12. The lowest BCUT2D eigenvalue weighted by molar-refractivity contribution is -0.117. The van der Waals surface area contributed by atoms with E-state index in [9.17, 15) is 14.4 Å². The van der Waals surface area contributed by atoms with Crippen molar-refractivity contribution in [2.24, 2.45) is 0 Å². The van der Waals surface area contributed by atoms with Gasteiger partial charge in [0.2, 0.25) is 17.7 Å². The first kappa shape index (κ1) is 18.4. The number of anilines is 3. The Hall–Kier alpha value is -3.41. The Morgan fingerprint density at radius 1 is 1.04 bits per heavy atom. The third-order valence-electron chi connectivity index (χ3n) is 4.18. The van der Waals surface area contributed by atoms with Crippen LogP contribution < -0.4 is 15.5 Å². The van der Waals surface area contributed by atoms with Gasteiger partial charge in [-0.25, -0.2) is 0 Å². The molecule has 0 bridgehead atoms. The van der Waals surface area contributed by atoms with Crippen LogP contribution in [0.15, 0.2) is 54.6 Å². The van der Waals surface area contributed by atoms with Gasteiger partial charge in [0.05, 0.1) is 11.4 Å². The Morgan fingerprint density at radius 2 is 1.78 bits per heavy atom. The molecule has 1 saturated heterocycles. The summed E-state index contributed by atoms with van der Waals surface area (Å²) in [5, 5.41) is 5.53. The maximum Gasteiger partial charge on any atom is 0.248 e. The molecule has 0 unspecified atom stereocenters. The van der Waals surface area contributed by atoms with Gasteiger partial charge in [-0.2, -0.15) is 0 Å². The van der Waals surface area contributed by atoms with Crippen LogP contribution in [0.1, 0.15) is 25.3 Å². The van der Waals surface area contributed by atoms with Gasteiger partial charge in [0.1, 0.15) is 0 Å². The van der Waals surface area contributed by atoms with E-state index in [0.717, 1.165) is 17.7 Å². The molecule has 27 heavy (non-hydrogen) atoms. The lowest BCUT2D eigenvalue weighted by Gasteiger charge is -2.19. The molecule has 1 aliphatic rings. The molecule has 0 saturated carbocycles. The minimum Gasteiger partial charge on any atom is -0.326 e. The molecule has 2 aromatic carbocycles. The first-order valence-electron chi connectivity index (χ1n) is 8.79. The molecule has 1 heterocycles. The quantitative estimate of drug-likeness (QED) is 0.799. The van der Waals surface area contributed by atoms with Crippen LogP contribution in [0.3, 0.4) is 0 Å². The summed E-state index contributed by atoms with van der Waals surface area (Å²) in [6.07, 6.45) is 4.50. The molecule has 0 atom stereocenters. The van der Waals surface area contributed by atoms with Crippen molar-refractivity contribution in [3.05, 3.63) is 60.2 Å². The highest BCUT2D eigenvalue weighted by atomic mass is 16.2. The summed E-state index contributed by atoms with van der Waals surface area (Å²) < 4.78 is 0. The smallest absolute Gasteiger partial charge is 0.248 e. The fourth-order valence-electron chi connectivity index (χ4n) is 2.94. The molecule has 1 aliphatic heterocycles. The van der Waals surface area contributed by atoms with Gasteiger partial charge in [0, 0.05) is 31.7 Å². The zero-order valence-electron chi connectivity index (χ0n) is 15.1. The van der Waals surface area contributed by atoms with E-state index < -0.39 is 0 Å². The summed E-state index contributed by atoms with van der Waals surface area (Å²) in [5.74, 6) is -0.334. The zero-order valence-corrected chi connectivity index (χ0v) is 15.1. The molecule has 0 radical (unpaired) electrons. The number of hydrogen-bond acceptors (Lipinski definition) is 3. The summed E-state index contributed by atoms with van der Waals surface area (Å²) in [7, 11) is 0. The molecular formula is C21H21N3O3. The Balaban J connectivity index is 1.67. The fourth-order valence-corrected chi connectivity index (χ4v) is 2.94. The van der Waals surface area contributed by atoms with Gasteiger partial charge in [-0.1, -0.05) is 24.3 Å². The van der Waals surface area contributed by atoms with Crippen molar-refractivity contribution in [3.8, 4) is 0 Å². The number of carbonyl (C=O) groups excluding carboxylic acids is 3. The maximum atomic E-state index is 12.3. The van der Waals surface area contributed by atoms with Crippen LogP contribution in [0.2, 0.25) is 0 Å². The molecule has 1 fully saturated rings. The first-order chi connectivity index (χ1) is 13.0. The second-order valence-electron chi connectivity index (χ2n) is 6.29. The summed E-state index contributed by atoms with van der Waals surface area (Å²) >= 11 is 0. The Morgan fingerprint density at radius 3 is 2.44 bits per heavy atom. The molecule has 6 heteroatoms. The van der Waals surface area contributed by atoms with Crippen LogP contribution in [0.4, 0.5) is 17.1 Å². The number of nitrogens with one attached hydrogen (secondary N) is 2. The summed E-state index contributed by atoms with van der Waals surface area (Å²) in [4.78, 5) is 37.0. The van der Waals surface area contributed by atoms with E-state index in [0.29, 0.717) is 24.3 Å². The van der Waals surface area contributed by atoms with Gasteiger partial charge in [0.15, 0.2) is 0 Å². The van der Waals surface area contributed by atoms with Crippen molar-refractivity contribution in [2.45, 2.75) is 19.8 Å². The van der Waals surface area contributed by atoms with Gasteiger partial charge in [-0.15, -0.1) is 0 Å². The van der Waals surface area contributed by atoms with Crippen molar-refractivity contribution in [3.63, 3.8) is 0 Å². The summed E-state index contributed by atoms with van der Waals surface area (Å²) in [5.41, 5.74) is 2.88. The van der Waals surface area contributed by atoms with Crippen molar-refractivity contribution < 1.29 is 14.4 Å². The Bertz CT molecular complexity index is 888. The number of benzene rings is 2. The highest BCUT2D eigenvalue weighted by Crippen LogP contribution is 2.29. The van der Waals surface area contributed by atoms with Gasteiger partial charge in [0.25, 0.3) is 0 Å². The van der Waals surface area contributed by atoms with Crippen LogP contribution in [0.25, 0.3) is 6.08 Å². The minimum absolute atomic E-state index is 0.0755. The second kappa shape index (κ2) is 8.31. The summed E-state index contributed by atoms with van der Waals surface area (Å²) in [6, 6.07) is 14.5. The number of nitrogens with zero attached hydrogens (tertiary/aromatic N) is 1. The van der Waals surface area contributed by atoms with Crippen molar-refractivity contribution >= 4 is 40.9 Å². The average molecular weight is 363 g/mol. The molecule has 3 rings (SSSR count). The van der Waals surface area contributed by atoms with Crippen LogP contribution >= 0.6 is 0 Å². The van der Waals surface area contributed by atoms with Gasteiger partial charge < -0.3 is 15.5 Å². The molecule has 2 N–H and O–H groups in total. The second-order valence-corrected chi connectivity index (χ2v) is 6.29. The maximum absolute atomic E-state index is 12.3. The van der Waals surface area contributed by atoms with Gasteiger partial charge in [-0.3, -0.25) is 14.4 Å².